The summed E-state index contributed by atoms with van der Waals surface area (Å²) in [6, 6.07) is 14.0. The topological polar surface area (TPSA) is 57.7 Å². The Labute approximate surface area is 175 Å². The van der Waals surface area contributed by atoms with E-state index in [1.54, 1.807) is 34.9 Å². The van der Waals surface area contributed by atoms with Crippen molar-refractivity contribution in [1.82, 2.24) is 9.21 Å². The fourth-order valence-corrected chi connectivity index (χ4v) is 5.96. The molecule has 0 radical (unpaired) electrons. The first kappa shape index (κ1) is 21.2. The zero-order chi connectivity index (χ0) is 20.3. The van der Waals surface area contributed by atoms with Gasteiger partial charge in [0.25, 0.3) is 5.91 Å². The van der Waals surface area contributed by atoms with E-state index in [0.29, 0.717) is 23.9 Å². The molecule has 0 saturated carbocycles. The van der Waals surface area contributed by atoms with Crippen LogP contribution in [0.4, 0.5) is 0 Å². The SMILES string of the molecule is CC(C)Sc1ccccc1C(=O)N1CCN(S(=O)(=O)c2ccccc2Cl)CC1. The number of hydrogen-bond donors (Lipinski definition) is 0. The van der Waals surface area contributed by atoms with Crippen molar-refractivity contribution in [1.29, 1.82) is 0 Å². The predicted octanol–water partition coefficient (Wildman–Crippen LogP) is 3.99. The first-order valence-electron chi connectivity index (χ1n) is 9.10. The maximum absolute atomic E-state index is 13.0. The fraction of sp³-hybridized carbons (Fsp3) is 0.350. The summed E-state index contributed by atoms with van der Waals surface area (Å²) in [5.74, 6) is -0.0569. The molecule has 8 heteroatoms. The minimum absolute atomic E-state index is 0.0569. The van der Waals surface area contributed by atoms with E-state index in [-0.39, 0.29) is 28.9 Å². The van der Waals surface area contributed by atoms with Crippen molar-refractivity contribution in [2.75, 3.05) is 26.2 Å². The quantitative estimate of drug-likeness (QED) is 0.662. The van der Waals surface area contributed by atoms with Gasteiger partial charge in [-0.05, 0) is 24.3 Å². The van der Waals surface area contributed by atoms with Crippen LogP contribution in [0.1, 0.15) is 24.2 Å². The molecule has 150 valence electrons. The number of amides is 1. The second-order valence-corrected chi connectivity index (χ2v) is 10.7. The summed E-state index contributed by atoms with van der Waals surface area (Å²) in [4.78, 5) is 15.8. The Kier molecular flexibility index (Phi) is 6.70. The molecule has 5 nitrogen and oxygen atoms in total. The van der Waals surface area contributed by atoms with Gasteiger partial charge in [0.1, 0.15) is 4.90 Å². The predicted molar refractivity (Wildman–Crippen MR) is 114 cm³/mol. The van der Waals surface area contributed by atoms with Gasteiger partial charge in [0.05, 0.1) is 10.6 Å². The Morgan fingerprint density at radius 3 is 2.25 bits per heavy atom. The number of benzene rings is 2. The molecule has 0 atom stereocenters. The molecular formula is C20H23ClN2O3S2. The molecule has 0 N–H and O–H groups in total. The van der Waals surface area contributed by atoms with E-state index in [9.17, 15) is 13.2 Å². The number of rotatable bonds is 5. The van der Waals surface area contributed by atoms with Gasteiger partial charge in [-0.15, -0.1) is 11.8 Å². The minimum atomic E-state index is -3.67. The van der Waals surface area contributed by atoms with Crippen molar-refractivity contribution in [3.05, 3.63) is 59.1 Å². The average molecular weight is 439 g/mol. The van der Waals surface area contributed by atoms with Crippen LogP contribution in [0.25, 0.3) is 0 Å². The maximum Gasteiger partial charge on any atom is 0.255 e. The molecule has 1 aliphatic rings. The number of carbonyl (C=O) groups is 1. The summed E-state index contributed by atoms with van der Waals surface area (Å²) in [6.07, 6.45) is 0. The van der Waals surface area contributed by atoms with Crippen molar-refractivity contribution < 1.29 is 13.2 Å². The summed E-state index contributed by atoms with van der Waals surface area (Å²) in [5, 5.41) is 0.576. The molecular weight excluding hydrogens is 416 g/mol. The van der Waals surface area contributed by atoms with Gasteiger partial charge in [-0.3, -0.25) is 4.79 Å². The number of piperazine rings is 1. The Morgan fingerprint density at radius 1 is 1.00 bits per heavy atom. The summed E-state index contributed by atoms with van der Waals surface area (Å²) < 4.78 is 27.1. The average Bonchev–Trinajstić information content (AvgIpc) is 2.68. The van der Waals surface area contributed by atoms with Crippen LogP contribution in [0.2, 0.25) is 5.02 Å². The molecule has 0 aliphatic carbocycles. The second-order valence-electron chi connectivity index (χ2n) is 6.79. The molecule has 2 aromatic carbocycles. The number of carbonyl (C=O) groups excluding carboxylic acids is 1. The van der Waals surface area contributed by atoms with Crippen molar-refractivity contribution in [3.8, 4) is 0 Å². The van der Waals surface area contributed by atoms with Crippen LogP contribution in [0, 0.1) is 0 Å². The van der Waals surface area contributed by atoms with Crippen LogP contribution >= 0.6 is 23.4 Å². The summed E-state index contributed by atoms with van der Waals surface area (Å²) in [5.41, 5.74) is 0.670. The molecule has 28 heavy (non-hydrogen) atoms. The molecule has 3 rings (SSSR count). The zero-order valence-corrected chi connectivity index (χ0v) is 18.2. The Morgan fingerprint density at radius 2 is 1.61 bits per heavy atom. The number of halogens is 1. The van der Waals surface area contributed by atoms with E-state index in [0.717, 1.165) is 4.90 Å². The molecule has 2 aromatic rings. The molecule has 1 amide bonds. The fourth-order valence-electron chi connectivity index (χ4n) is 3.09. The molecule has 0 spiro atoms. The molecule has 1 saturated heterocycles. The van der Waals surface area contributed by atoms with E-state index < -0.39 is 10.0 Å². The monoisotopic (exact) mass is 438 g/mol. The number of nitrogens with zero attached hydrogens (tertiary/aromatic N) is 2. The molecule has 0 bridgehead atoms. The zero-order valence-electron chi connectivity index (χ0n) is 15.8. The molecule has 0 aromatic heterocycles. The third kappa shape index (κ3) is 4.54. The highest BCUT2D eigenvalue weighted by Gasteiger charge is 2.32. The summed E-state index contributed by atoms with van der Waals surface area (Å²) in [7, 11) is -3.67. The highest BCUT2D eigenvalue weighted by Crippen LogP contribution is 2.29. The maximum atomic E-state index is 13.0. The van der Waals surface area contributed by atoms with E-state index in [4.69, 9.17) is 11.6 Å². The standard InChI is InChI=1S/C20H23ClN2O3S2/c1-15(2)27-18-9-5-3-7-16(18)20(24)22-11-13-23(14-12-22)28(25,26)19-10-6-4-8-17(19)21/h3-10,15H,11-14H2,1-2H3. The van der Waals surface area contributed by atoms with Gasteiger partial charge in [-0.1, -0.05) is 49.7 Å². The van der Waals surface area contributed by atoms with Gasteiger partial charge in [-0.2, -0.15) is 4.31 Å². The Balaban J connectivity index is 1.72. The molecule has 0 unspecified atom stereocenters. The molecule has 1 aliphatic heterocycles. The highest BCUT2D eigenvalue weighted by atomic mass is 35.5. The van der Waals surface area contributed by atoms with Crippen LogP contribution in [0.15, 0.2) is 58.3 Å². The van der Waals surface area contributed by atoms with Gasteiger partial charge in [0, 0.05) is 36.3 Å². The lowest BCUT2D eigenvalue weighted by Gasteiger charge is -2.34. The summed E-state index contributed by atoms with van der Waals surface area (Å²) >= 11 is 7.73. The van der Waals surface area contributed by atoms with Crippen LogP contribution in [-0.2, 0) is 10.0 Å². The van der Waals surface area contributed by atoms with Crippen LogP contribution in [0.5, 0.6) is 0 Å². The van der Waals surface area contributed by atoms with Gasteiger partial charge in [-0.25, -0.2) is 8.42 Å². The second kappa shape index (κ2) is 8.86. The van der Waals surface area contributed by atoms with E-state index in [2.05, 4.69) is 13.8 Å². The van der Waals surface area contributed by atoms with Crippen LogP contribution < -0.4 is 0 Å². The Hall–Kier alpha value is -1.54. The first-order chi connectivity index (χ1) is 13.3. The Bertz CT molecular complexity index is 955. The number of thioether (sulfide) groups is 1. The lowest BCUT2D eigenvalue weighted by molar-refractivity contribution is 0.0694. The third-order valence-electron chi connectivity index (χ3n) is 4.46. The van der Waals surface area contributed by atoms with Gasteiger partial charge in [0.2, 0.25) is 10.0 Å². The van der Waals surface area contributed by atoms with Gasteiger partial charge < -0.3 is 4.90 Å². The van der Waals surface area contributed by atoms with Gasteiger partial charge in [0.15, 0.2) is 0 Å². The first-order valence-corrected chi connectivity index (χ1v) is 11.8. The van der Waals surface area contributed by atoms with Gasteiger partial charge >= 0.3 is 0 Å². The molecule has 1 heterocycles. The number of hydrogen-bond acceptors (Lipinski definition) is 4. The molecule has 1 fully saturated rings. The van der Waals surface area contributed by atoms with Crippen LogP contribution in [-0.4, -0.2) is 55.0 Å². The van der Waals surface area contributed by atoms with E-state index in [1.807, 2.05) is 24.3 Å². The van der Waals surface area contributed by atoms with Crippen molar-refractivity contribution in [2.24, 2.45) is 0 Å². The van der Waals surface area contributed by atoms with E-state index >= 15 is 0 Å². The minimum Gasteiger partial charge on any atom is -0.336 e. The smallest absolute Gasteiger partial charge is 0.255 e. The largest absolute Gasteiger partial charge is 0.336 e. The third-order valence-corrected chi connectivity index (χ3v) is 7.94. The highest BCUT2D eigenvalue weighted by molar-refractivity contribution is 8.00. The van der Waals surface area contributed by atoms with Crippen molar-refractivity contribution in [3.63, 3.8) is 0 Å². The summed E-state index contributed by atoms with van der Waals surface area (Å²) in [6.45, 7) is 5.37. The van der Waals surface area contributed by atoms with Crippen LogP contribution in [0.3, 0.4) is 0 Å². The van der Waals surface area contributed by atoms with E-state index in [1.165, 1.54) is 10.4 Å². The van der Waals surface area contributed by atoms with Crippen molar-refractivity contribution in [2.45, 2.75) is 28.9 Å². The van der Waals surface area contributed by atoms with Crippen molar-refractivity contribution >= 4 is 39.3 Å². The lowest BCUT2D eigenvalue weighted by Crippen LogP contribution is -2.50. The number of sulfonamides is 1. The lowest BCUT2D eigenvalue weighted by atomic mass is 10.2. The normalized spacial score (nSPS) is 15.8.